The van der Waals surface area contributed by atoms with Crippen molar-refractivity contribution in [3.05, 3.63) is 71.6 Å². The van der Waals surface area contributed by atoms with Gasteiger partial charge in [0.25, 0.3) is 0 Å². The molecule has 0 saturated carbocycles. The monoisotopic (exact) mass is 364 g/mol. The van der Waals surface area contributed by atoms with E-state index in [1.807, 2.05) is 0 Å². The molecule has 0 amide bonds. The van der Waals surface area contributed by atoms with Crippen molar-refractivity contribution in [2.24, 2.45) is 0 Å². The van der Waals surface area contributed by atoms with Crippen LogP contribution in [-0.2, 0) is 6.54 Å². The van der Waals surface area contributed by atoms with E-state index in [2.05, 4.69) is 75.8 Å². The fourth-order valence-corrected chi connectivity index (χ4v) is 4.35. The number of methoxy groups -OCH3 is 1. The maximum atomic E-state index is 5.55. The van der Waals surface area contributed by atoms with Crippen molar-refractivity contribution in [3.8, 4) is 16.2 Å². The van der Waals surface area contributed by atoms with Crippen molar-refractivity contribution in [1.29, 1.82) is 0 Å². The van der Waals surface area contributed by atoms with Gasteiger partial charge in [-0.05, 0) is 34.7 Å². The lowest BCUT2D eigenvalue weighted by Crippen LogP contribution is -2.46. The Morgan fingerprint density at radius 3 is 2.35 bits per heavy atom. The molecule has 1 aromatic heterocycles. The maximum absolute atomic E-state index is 5.55. The Hall–Kier alpha value is -2.30. The third-order valence-electron chi connectivity index (χ3n) is 5.01. The van der Waals surface area contributed by atoms with Gasteiger partial charge in [-0.3, -0.25) is 4.90 Å². The van der Waals surface area contributed by atoms with Gasteiger partial charge in [-0.2, -0.15) is 0 Å². The van der Waals surface area contributed by atoms with Crippen LogP contribution in [0.25, 0.3) is 11.1 Å². The Bertz CT molecular complexity index is 838. The molecule has 0 N–H and O–H groups in total. The number of hydrogen-bond acceptors (Lipinski definition) is 4. The summed E-state index contributed by atoms with van der Waals surface area (Å²) in [5.74, 6) is 0. The lowest BCUT2D eigenvalue weighted by atomic mass is 10.0. The predicted molar refractivity (Wildman–Crippen MR) is 110 cm³/mol. The quantitative estimate of drug-likeness (QED) is 0.650. The number of anilines is 1. The highest BCUT2D eigenvalue weighted by Crippen LogP contribution is 2.37. The van der Waals surface area contributed by atoms with Crippen LogP contribution in [0.5, 0.6) is 5.06 Å². The highest BCUT2D eigenvalue weighted by Gasteiger charge is 2.19. The summed E-state index contributed by atoms with van der Waals surface area (Å²) < 4.78 is 5.55. The molecule has 3 aromatic rings. The van der Waals surface area contributed by atoms with Crippen LogP contribution in [0.3, 0.4) is 0 Å². The second kappa shape index (κ2) is 7.94. The number of nitrogens with zero attached hydrogens (tertiary/aromatic N) is 2. The van der Waals surface area contributed by atoms with E-state index in [-0.39, 0.29) is 0 Å². The summed E-state index contributed by atoms with van der Waals surface area (Å²) in [5.41, 5.74) is 5.19. The Kier molecular flexibility index (Phi) is 5.23. The summed E-state index contributed by atoms with van der Waals surface area (Å²) in [5, 5.41) is 3.09. The van der Waals surface area contributed by atoms with E-state index in [1.165, 1.54) is 22.4 Å². The van der Waals surface area contributed by atoms with E-state index in [9.17, 15) is 0 Å². The molecule has 1 saturated heterocycles. The molecule has 1 aliphatic heterocycles. The highest BCUT2D eigenvalue weighted by atomic mass is 32.1. The van der Waals surface area contributed by atoms with Gasteiger partial charge in [0.15, 0.2) is 5.06 Å². The first kappa shape index (κ1) is 17.1. The van der Waals surface area contributed by atoms with Crippen molar-refractivity contribution in [3.63, 3.8) is 0 Å². The molecule has 134 valence electrons. The number of thiophene rings is 1. The molecule has 0 spiro atoms. The Morgan fingerprint density at radius 2 is 1.58 bits per heavy atom. The van der Waals surface area contributed by atoms with E-state index in [1.54, 1.807) is 18.4 Å². The Labute approximate surface area is 159 Å². The molecular weight excluding hydrogens is 340 g/mol. The average molecular weight is 365 g/mol. The summed E-state index contributed by atoms with van der Waals surface area (Å²) >= 11 is 1.65. The molecule has 1 aliphatic rings. The zero-order valence-electron chi connectivity index (χ0n) is 15.1. The van der Waals surface area contributed by atoms with E-state index in [0.717, 1.165) is 37.8 Å². The van der Waals surface area contributed by atoms with Gasteiger partial charge in [0.05, 0.1) is 7.11 Å². The fourth-order valence-electron chi connectivity index (χ4n) is 3.62. The minimum atomic E-state index is 0.984. The molecule has 3 nitrogen and oxygen atoms in total. The van der Waals surface area contributed by atoms with Gasteiger partial charge in [-0.1, -0.05) is 42.5 Å². The first-order valence-corrected chi connectivity index (χ1v) is 9.95. The largest absolute Gasteiger partial charge is 0.487 e. The van der Waals surface area contributed by atoms with Crippen molar-refractivity contribution in [2.45, 2.75) is 6.54 Å². The summed E-state index contributed by atoms with van der Waals surface area (Å²) in [4.78, 5) is 5.03. The van der Waals surface area contributed by atoms with Crippen molar-refractivity contribution in [2.75, 3.05) is 38.2 Å². The van der Waals surface area contributed by atoms with Gasteiger partial charge >= 0.3 is 0 Å². The molecule has 4 heteroatoms. The second-order valence-electron chi connectivity index (χ2n) is 6.58. The summed E-state index contributed by atoms with van der Waals surface area (Å²) in [6.45, 7) is 5.31. The first-order chi connectivity index (χ1) is 12.8. The summed E-state index contributed by atoms with van der Waals surface area (Å²) in [6.07, 6.45) is 0. The second-order valence-corrected chi connectivity index (χ2v) is 7.46. The van der Waals surface area contributed by atoms with Crippen LogP contribution in [0, 0.1) is 0 Å². The summed E-state index contributed by atoms with van der Waals surface area (Å²) in [6, 6.07) is 21.6. The van der Waals surface area contributed by atoms with Gasteiger partial charge in [0.2, 0.25) is 0 Å². The third kappa shape index (κ3) is 3.62. The van der Waals surface area contributed by atoms with Crippen LogP contribution < -0.4 is 9.64 Å². The van der Waals surface area contributed by atoms with Crippen molar-refractivity contribution >= 4 is 17.0 Å². The van der Waals surface area contributed by atoms with E-state index >= 15 is 0 Å². The minimum absolute atomic E-state index is 0.984. The molecule has 0 bridgehead atoms. The molecule has 0 radical (unpaired) electrons. The third-order valence-corrected chi connectivity index (χ3v) is 5.88. The van der Waals surface area contributed by atoms with E-state index < -0.39 is 0 Å². The number of benzene rings is 2. The average Bonchev–Trinajstić information content (AvgIpc) is 3.18. The molecule has 2 heterocycles. The Morgan fingerprint density at radius 1 is 0.846 bits per heavy atom. The normalized spacial score (nSPS) is 15.2. The number of piperazine rings is 1. The zero-order valence-corrected chi connectivity index (χ0v) is 15.9. The molecule has 2 aromatic carbocycles. The van der Waals surface area contributed by atoms with Gasteiger partial charge < -0.3 is 9.64 Å². The molecular formula is C22H24N2OS. The van der Waals surface area contributed by atoms with E-state index in [4.69, 9.17) is 4.74 Å². The van der Waals surface area contributed by atoms with Crippen LogP contribution in [-0.4, -0.2) is 38.2 Å². The lowest BCUT2D eigenvalue weighted by molar-refractivity contribution is 0.250. The van der Waals surface area contributed by atoms with Crippen LogP contribution in [0.2, 0.25) is 0 Å². The maximum Gasteiger partial charge on any atom is 0.181 e. The number of rotatable bonds is 5. The first-order valence-electron chi connectivity index (χ1n) is 9.07. The van der Waals surface area contributed by atoms with Crippen molar-refractivity contribution < 1.29 is 4.74 Å². The highest BCUT2D eigenvalue weighted by molar-refractivity contribution is 7.12. The zero-order chi connectivity index (χ0) is 17.8. The van der Waals surface area contributed by atoms with Gasteiger partial charge in [-0.15, -0.1) is 11.3 Å². The Balaban J connectivity index is 1.46. The van der Waals surface area contributed by atoms with Crippen molar-refractivity contribution in [1.82, 2.24) is 4.90 Å². The molecule has 0 atom stereocenters. The minimum Gasteiger partial charge on any atom is -0.487 e. The number of ether oxygens (including phenoxy) is 1. The van der Waals surface area contributed by atoms with Crippen LogP contribution in [0.15, 0.2) is 66.0 Å². The molecule has 0 aliphatic carbocycles. The summed E-state index contributed by atoms with van der Waals surface area (Å²) in [7, 11) is 1.75. The molecule has 0 unspecified atom stereocenters. The van der Waals surface area contributed by atoms with Gasteiger partial charge in [0, 0.05) is 44.0 Å². The topological polar surface area (TPSA) is 15.7 Å². The molecule has 26 heavy (non-hydrogen) atoms. The molecule has 1 fully saturated rings. The molecule has 4 rings (SSSR count). The van der Waals surface area contributed by atoms with Crippen LogP contribution in [0.1, 0.15) is 5.56 Å². The fraction of sp³-hybridized carbons (Fsp3) is 0.273. The SMILES string of the molecule is COc1sccc1-c1ccccc1CN1CCN(c2ccccc2)CC1. The van der Waals surface area contributed by atoms with E-state index in [0.29, 0.717) is 0 Å². The van der Waals surface area contributed by atoms with Gasteiger partial charge in [-0.25, -0.2) is 0 Å². The lowest BCUT2D eigenvalue weighted by Gasteiger charge is -2.36. The smallest absolute Gasteiger partial charge is 0.181 e. The van der Waals surface area contributed by atoms with Gasteiger partial charge in [0.1, 0.15) is 0 Å². The van der Waals surface area contributed by atoms with Crippen LogP contribution >= 0.6 is 11.3 Å². The standard InChI is InChI=1S/C22H24N2OS/c1-25-22-21(11-16-26-22)20-10-6-5-7-18(20)17-23-12-14-24(15-13-23)19-8-3-2-4-9-19/h2-11,16H,12-15,17H2,1H3. The predicted octanol–water partition coefficient (Wildman–Crippen LogP) is 4.75. The number of hydrogen-bond donors (Lipinski definition) is 0. The van der Waals surface area contributed by atoms with Crippen LogP contribution in [0.4, 0.5) is 5.69 Å². The number of para-hydroxylation sites is 1.